The van der Waals surface area contributed by atoms with Gasteiger partial charge in [0, 0.05) is 0 Å². The summed E-state index contributed by atoms with van der Waals surface area (Å²) in [6.45, 7) is 2.54. The Morgan fingerprint density at radius 2 is 2.00 bits per heavy atom. The zero-order valence-electron chi connectivity index (χ0n) is 8.01. The minimum absolute atomic E-state index is 0.286. The van der Waals surface area contributed by atoms with Crippen LogP contribution in [-0.4, -0.2) is 11.5 Å². The number of hydrogen-bond acceptors (Lipinski definition) is 2. The van der Waals surface area contributed by atoms with Crippen molar-refractivity contribution in [2.24, 2.45) is 0 Å². The maximum Gasteiger partial charge on any atom is 0.573 e. The van der Waals surface area contributed by atoms with Crippen LogP contribution in [0.1, 0.15) is 18.1 Å². The van der Waals surface area contributed by atoms with Crippen molar-refractivity contribution >= 4 is 0 Å². The SMILES string of the molecule is CCc1cc([CH]O)cc(OC(F)(F)F)c1. The average molecular weight is 219 g/mol. The number of alkyl halides is 3. The van der Waals surface area contributed by atoms with Gasteiger partial charge in [0.15, 0.2) is 0 Å². The lowest BCUT2D eigenvalue weighted by molar-refractivity contribution is -0.274. The van der Waals surface area contributed by atoms with Crippen molar-refractivity contribution in [2.45, 2.75) is 19.7 Å². The summed E-state index contributed by atoms with van der Waals surface area (Å²) in [5.74, 6) is -0.317. The van der Waals surface area contributed by atoms with Crippen LogP contribution in [0.15, 0.2) is 18.2 Å². The van der Waals surface area contributed by atoms with Crippen LogP contribution in [0.2, 0.25) is 0 Å². The van der Waals surface area contributed by atoms with E-state index in [-0.39, 0.29) is 11.3 Å². The summed E-state index contributed by atoms with van der Waals surface area (Å²) in [6.07, 6.45) is -4.14. The molecular weight excluding hydrogens is 209 g/mol. The highest BCUT2D eigenvalue weighted by Crippen LogP contribution is 2.25. The summed E-state index contributed by atoms with van der Waals surface area (Å²) in [6, 6.07) is 4.00. The number of ether oxygens (including phenoxy) is 1. The fraction of sp³-hybridized carbons (Fsp3) is 0.300. The summed E-state index contributed by atoms with van der Waals surface area (Å²) in [5, 5.41) is 8.72. The minimum Gasteiger partial charge on any atom is -0.406 e. The van der Waals surface area contributed by atoms with Crippen LogP contribution in [0.3, 0.4) is 0 Å². The molecule has 2 nitrogen and oxygen atoms in total. The number of aliphatic hydroxyl groups is 1. The highest BCUT2D eigenvalue weighted by atomic mass is 19.4. The second kappa shape index (κ2) is 4.53. The number of halogens is 3. The molecule has 0 aliphatic heterocycles. The highest BCUT2D eigenvalue weighted by molar-refractivity contribution is 5.36. The lowest BCUT2D eigenvalue weighted by Crippen LogP contribution is -2.17. The predicted octanol–water partition coefficient (Wildman–Crippen LogP) is 3.03. The van der Waals surface area contributed by atoms with Crippen molar-refractivity contribution in [3.8, 4) is 5.75 Å². The second-order valence-corrected chi connectivity index (χ2v) is 2.94. The van der Waals surface area contributed by atoms with Crippen molar-refractivity contribution < 1.29 is 23.0 Å². The van der Waals surface area contributed by atoms with Crippen LogP contribution in [0.4, 0.5) is 13.2 Å². The van der Waals surface area contributed by atoms with Crippen LogP contribution < -0.4 is 4.74 Å². The Bertz CT molecular complexity index is 312. The Hall–Kier alpha value is -1.23. The van der Waals surface area contributed by atoms with Gasteiger partial charge in [0.2, 0.25) is 0 Å². The largest absolute Gasteiger partial charge is 0.573 e. The maximum absolute atomic E-state index is 11.9. The van der Waals surface area contributed by atoms with Gasteiger partial charge in [-0.05, 0) is 29.7 Å². The maximum atomic E-state index is 11.9. The van der Waals surface area contributed by atoms with Crippen LogP contribution in [0.5, 0.6) is 5.75 Å². The lowest BCUT2D eigenvalue weighted by atomic mass is 10.1. The quantitative estimate of drug-likeness (QED) is 0.846. The van der Waals surface area contributed by atoms with Gasteiger partial charge >= 0.3 is 6.36 Å². The van der Waals surface area contributed by atoms with Gasteiger partial charge in [-0.15, -0.1) is 13.2 Å². The van der Waals surface area contributed by atoms with Crippen molar-refractivity contribution in [1.29, 1.82) is 0 Å². The summed E-state index contributed by atoms with van der Waals surface area (Å²) in [5.41, 5.74) is 0.950. The fourth-order valence-electron chi connectivity index (χ4n) is 1.16. The molecule has 0 aromatic heterocycles. The zero-order chi connectivity index (χ0) is 11.5. The first-order valence-electron chi connectivity index (χ1n) is 4.31. The molecule has 1 N–H and O–H groups in total. The molecule has 83 valence electrons. The lowest BCUT2D eigenvalue weighted by Gasteiger charge is -2.11. The number of hydrogen-bond donors (Lipinski definition) is 1. The molecule has 0 aliphatic carbocycles. The third kappa shape index (κ3) is 3.79. The fourth-order valence-corrected chi connectivity index (χ4v) is 1.16. The van der Waals surface area contributed by atoms with Gasteiger partial charge in [0.05, 0.1) is 0 Å². The van der Waals surface area contributed by atoms with E-state index in [2.05, 4.69) is 4.74 Å². The number of aliphatic hydroxyl groups excluding tert-OH is 1. The highest BCUT2D eigenvalue weighted by Gasteiger charge is 2.31. The van der Waals surface area contributed by atoms with Crippen LogP contribution in [0, 0.1) is 6.61 Å². The molecule has 1 radical (unpaired) electrons. The van der Waals surface area contributed by atoms with Gasteiger partial charge < -0.3 is 9.84 Å². The van der Waals surface area contributed by atoms with Crippen molar-refractivity contribution in [3.05, 3.63) is 35.9 Å². The third-order valence-electron chi connectivity index (χ3n) is 1.78. The van der Waals surface area contributed by atoms with E-state index in [4.69, 9.17) is 5.11 Å². The van der Waals surface area contributed by atoms with Gasteiger partial charge in [-0.25, -0.2) is 0 Å². The minimum atomic E-state index is -4.71. The van der Waals surface area contributed by atoms with Gasteiger partial charge in [-0.2, -0.15) is 0 Å². The molecule has 0 fully saturated rings. The number of benzene rings is 1. The molecule has 1 rings (SSSR count). The van der Waals surface area contributed by atoms with E-state index >= 15 is 0 Å². The molecule has 0 heterocycles. The molecule has 0 aliphatic rings. The van der Waals surface area contributed by atoms with E-state index in [1.54, 1.807) is 13.0 Å². The van der Waals surface area contributed by atoms with Crippen LogP contribution in [-0.2, 0) is 6.42 Å². The summed E-state index contributed by atoms with van der Waals surface area (Å²) in [7, 11) is 0. The molecule has 0 saturated heterocycles. The topological polar surface area (TPSA) is 29.5 Å². The smallest absolute Gasteiger partial charge is 0.406 e. The molecule has 0 atom stereocenters. The molecule has 1 aromatic carbocycles. The first-order valence-corrected chi connectivity index (χ1v) is 4.31. The van der Waals surface area contributed by atoms with Crippen molar-refractivity contribution in [1.82, 2.24) is 0 Å². The molecule has 15 heavy (non-hydrogen) atoms. The Morgan fingerprint density at radius 3 is 2.47 bits per heavy atom. The Labute approximate surface area is 85.3 Å². The van der Waals surface area contributed by atoms with Gasteiger partial charge in [-0.1, -0.05) is 13.0 Å². The van der Waals surface area contributed by atoms with Gasteiger partial charge in [-0.3, -0.25) is 0 Å². The van der Waals surface area contributed by atoms with Gasteiger partial charge in [0.1, 0.15) is 12.4 Å². The van der Waals surface area contributed by atoms with Crippen molar-refractivity contribution in [2.75, 3.05) is 0 Å². The Balaban J connectivity index is 2.97. The third-order valence-corrected chi connectivity index (χ3v) is 1.78. The molecule has 5 heteroatoms. The van der Waals surface area contributed by atoms with Crippen LogP contribution in [0.25, 0.3) is 0 Å². The molecule has 0 spiro atoms. The second-order valence-electron chi connectivity index (χ2n) is 2.94. The zero-order valence-corrected chi connectivity index (χ0v) is 8.01. The number of aryl methyl sites for hydroxylation is 1. The van der Waals surface area contributed by atoms with E-state index in [9.17, 15) is 13.2 Å². The first-order chi connectivity index (χ1) is 6.94. The molecule has 0 saturated carbocycles. The average Bonchev–Trinajstić information content (AvgIpc) is 2.14. The Kier molecular flexibility index (Phi) is 3.57. The predicted molar refractivity (Wildman–Crippen MR) is 47.8 cm³/mol. The summed E-state index contributed by atoms with van der Waals surface area (Å²) >= 11 is 0. The first kappa shape index (κ1) is 11.8. The van der Waals surface area contributed by atoms with E-state index < -0.39 is 6.36 Å². The normalized spacial score (nSPS) is 11.5. The van der Waals surface area contributed by atoms with E-state index in [0.29, 0.717) is 12.0 Å². The summed E-state index contributed by atoms with van der Waals surface area (Å²) in [4.78, 5) is 0. The summed E-state index contributed by atoms with van der Waals surface area (Å²) < 4.78 is 39.5. The number of rotatable bonds is 3. The molecule has 0 bridgehead atoms. The molecular formula is C10H10F3O2. The van der Waals surface area contributed by atoms with Gasteiger partial charge in [0.25, 0.3) is 0 Å². The molecule has 0 amide bonds. The monoisotopic (exact) mass is 219 g/mol. The molecule has 1 aromatic rings. The molecule has 0 unspecified atom stereocenters. The van der Waals surface area contributed by atoms with E-state index in [0.717, 1.165) is 12.7 Å². The Morgan fingerprint density at radius 1 is 1.33 bits per heavy atom. The van der Waals surface area contributed by atoms with Crippen LogP contribution >= 0.6 is 0 Å². The van der Waals surface area contributed by atoms with E-state index in [1.165, 1.54) is 6.07 Å². The van der Waals surface area contributed by atoms with Crippen molar-refractivity contribution in [3.63, 3.8) is 0 Å². The van der Waals surface area contributed by atoms with E-state index in [1.807, 2.05) is 0 Å². The standard InChI is InChI=1S/C10H10F3O2/c1-2-7-3-8(6-14)5-9(4-7)15-10(11,12)13/h3-6,14H,2H2,1H3.